The zero-order chi connectivity index (χ0) is 6.97. The van der Waals surface area contributed by atoms with Crippen molar-refractivity contribution in [2.75, 3.05) is 13.6 Å². The average Bonchev–Trinajstić information content (AvgIpc) is 2.67. The lowest BCUT2D eigenvalue weighted by molar-refractivity contribution is 0.328. The molecule has 3 unspecified atom stereocenters. The molecule has 2 saturated carbocycles. The lowest BCUT2D eigenvalue weighted by Gasteiger charge is -2.20. The smallest absolute Gasteiger partial charge is 0.00208 e. The van der Waals surface area contributed by atoms with Gasteiger partial charge in [-0.1, -0.05) is 12.8 Å². The Morgan fingerprint density at radius 2 is 2.18 bits per heavy atom. The Morgan fingerprint density at radius 1 is 1.36 bits per heavy atom. The number of fused-ring (bicyclic) bond motifs is 1. The van der Waals surface area contributed by atoms with Crippen LogP contribution in [0.25, 0.3) is 0 Å². The molecular formula is C9H18ClN. The van der Waals surface area contributed by atoms with Gasteiger partial charge in [-0.2, -0.15) is 0 Å². The van der Waals surface area contributed by atoms with Crippen molar-refractivity contribution in [3.63, 3.8) is 0 Å². The van der Waals surface area contributed by atoms with Crippen LogP contribution in [0.3, 0.4) is 0 Å². The molecule has 3 atom stereocenters. The molecule has 0 saturated heterocycles. The van der Waals surface area contributed by atoms with Crippen LogP contribution in [-0.4, -0.2) is 13.6 Å². The molecule has 2 heteroatoms. The van der Waals surface area contributed by atoms with Gasteiger partial charge in [0.2, 0.25) is 0 Å². The third-order valence-electron chi connectivity index (χ3n) is 3.20. The van der Waals surface area contributed by atoms with Crippen LogP contribution in [0.5, 0.6) is 0 Å². The molecular weight excluding hydrogens is 158 g/mol. The maximum absolute atomic E-state index is 3.29. The van der Waals surface area contributed by atoms with Crippen molar-refractivity contribution >= 4 is 12.4 Å². The molecule has 0 heterocycles. The van der Waals surface area contributed by atoms with E-state index < -0.39 is 0 Å². The van der Waals surface area contributed by atoms with Gasteiger partial charge in [-0.3, -0.25) is 0 Å². The predicted octanol–water partition coefficient (Wildman–Crippen LogP) is 2.06. The SMILES string of the molecule is CNCC1CCCC2CC12.Cl. The summed E-state index contributed by atoms with van der Waals surface area (Å²) in [5.74, 6) is 3.30. The van der Waals surface area contributed by atoms with Crippen LogP contribution in [0.2, 0.25) is 0 Å². The van der Waals surface area contributed by atoms with Gasteiger partial charge in [-0.25, -0.2) is 0 Å². The number of halogens is 1. The lowest BCUT2D eigenvalue weighted by atomic mass is 9.89. The molecule has 11 heavy (non-hydrogen) atoms. The summed E-state index contributed by atoms with van der Waals surface area (Å²) in [6.45, 7) is 1.27. The van der Waals surface area contributed by atoms with E-state index in [-0.39, 0.29) is 12.4 Å². The Hall–Kier alpha value is 0.250. The fraction of sp³-hybridized carbons (Fsp3) is 1.00. The van der Waals surface area contributed by atoms with Gasteiger partial charge in [0, 0.05) is 0 Å². The zero-order valence-corrected chi connectivity index (χ0v) is 7.99. The average molecular weight is 176 g/mol. The molecule has 1 nitrogen and oxygen atoms in total. The summed E-state index contributed by atoms with van der Waals surface area (Å²) in [6, 6.07) is 0. The third kappa shape index (κ3) is 1.88. The monoisotopic (exact) mass is 175 g/mol. The Kier molecular flexibility index (Phi) is 3.20. The van der Waals surface area contributed by atoms with Crippen molar-refractivity contribution in [1.29, 1.82) is 0 Å². The second-order valence-electron chi connectivity index (χ2n) is 3.91. The largest absolute Gasteiger partial charge is 0.319 e. The minimum atomic E-state index is 0. The predicted molar refractivity (Wildman–Crippen MR) is 50.1 cm³/mol. The van der Waals surface area contributed by atoms with Crippen LogP contribution in [-0.2, 0) is 0 Å². The van der Waals surface area contributed by atoms with Crippen LogP contribution >= 0.6 is 12.4 Å². The van der Waals surface area contributed by atoms with Gasteiger partial charge in [0.25, 0.3) is 0 Å². The molecule has 0 spiro atoms. The van der Waals surface area contributed by atoms with Crippen molar-refractivity contribution in [2.24, 2.45) is 17.8 Å². The highest BCUT2D eigenvalue weighted by molar-refractivity contribution is 5.85. The van der Waals surface area contributed by atoms with Crippen LogP contribution in [0.15, 0.2) is 0 Å². The number of hydrogen-bond donors (Lipinski definition) is 1. The van der Waals surface area contributed by atoms with E-state index in [1.54, 1.807) is 6.42 Å². The first kappa shape index (κ1) is 9.34. The van der Waals surface area contributed by atoms with E-state index in [1.165, 1.54) is 25.8 Å². The molecule has 0 aromatic rings. The molecule has 2 fully saturated rings. The highest BCUT2D eigenvalue weighted by atomic mass is 35.5. The van der Waals surface area contributed by atoms with Crippen LogP contribution in [0.1, 0.15) is 25.7 Å². The molecule has 1 N–H and O–H groups in total. The van der Waals surface area contributed by atoms with E-state index in [1.807, 2.05) is 0 Å². The van der Waals surface area contributed by atoms with E-state index in [0.717, 1.165) is 17.8 Å². The van der Waals surface area contributed by atoms with Gasteiger partial charge in [0.1, 0.15) is 0 Å². The minimum Gasteiger partial charge on any atom is -0.319 e. The Labute approximate surface area is 75.4 Å². The van der Waals surface area contributed by atoms with E-state index in [0.29, 0.717) is 0 Å². The highest BCUT2D eigenvalue weighted by Gasteiger charge is 2.44. The summed E-state index contributed by atoms with van der Waals surface area (Å²) in [5, 5.41) is 3.29. The van der Waals surface area contributed by atoms with Gasteiger partial charge >= 0.3 is 0 Å². The van der Waals surface area contributed by atoms with E-state index in [4.69, 9.17) is 0 Å². The molecule has 2 aliphatic rings. The maximum Gasteiger partial charge on any atom is -0.00208 e. The van der Waals surface area contributed by atoms with Crippen molar-refractivity contribution in [3.8, 4) is 0 Å². The minimum absolute atomic E-state index is 0. The Morgan fingerprint density at radius 3 is 2.91 bits per heavy atom. The lowest BCUT2D eigenvalue weighted by Crippen LogP contribution is -2.23. The van der Waals surface area contributed by atoms with E-state index in [9.17, 15) is 0 Å². The zero-order valence-electron chi connectivity index (χ0n) is 7.18. The van der Waals surface area contributed by atoms with Crippen molar-refractivity contribution in [3.05, 3.63) is 0 Å². The van der Waals surface area contributed by atoms with Crippen molar-refractivity contribution < 1.29 is 0 Å². The summed E-state index contributed by atoms with van der Waals surface area (Å²) in [5.41, 5.74) is 0. The van der Waals surface area contributed by atoms with Gasteiger partial charge < -0.3 is 5.32 Å². The molecule has 0 bridgehead atoms. The summed E-state index contributed by atoms with van der Waals surface area (Å²) in [6.07, 6.45) is 6.06. The third-order valence-corrected chi connectivity index (χ3v) is 3.20. The summed E-state index contributed by atoms with van der Waals surface area (Å²) in [7, 11) is 2.08. The maximum atomic E-state index is 3.29. The van der Waals surface area contributed by atoms with E-state index >= 15 is 0 Å². The quantitative estimate of drug-likeness (QED) is 0.678. The van der Waals surface area contributed by atoms with Crippen LogP contribution in [0, 0.1) is 17.8 Å². The second kappa shape index (κ2) is 3.77. The molecule has 66 valence electrons. The van der Waals surface area contributed by atoms with E-state index in [2.05, 4.69) is 12.4 Å². The first-order valence-electron chi connectivity index (χ1n) is 4.56. The number of hydrogen-bond acceptors (Lipinski definition) is 1. The first-order chi connectivity index (χ1) is 4.92. The Balaban J connectivity index is 0.000000605. The summed E-state index contributed by atoms with van der Waals surface area (Å²) in [4.78, 5) is 0. The Bertz CT molecular complexity index is 125. The number of nitrogens with one attached hydrogen (secondary N) is 1. The van der Waals surface area contributed by atoms with Crippen molar-refractivity contribution in [1.82, 2.24) is 5.32 Å². The van der Waals surface area contributed by atoms with Crippen LogP contribution in [0.4, 0.5) is 0 Å². The molecule has 0 amide bonds. The molecule has 0 aromatic carbocycles. The second-order valence-corrected chi connectivity index (χ2v) is 3.91. The summed E-state index contributed by atoms with van der Waals surface area (Å²) < 4.78 is 0. The normalized spacial score (nSPS) is 40.6. The fourth-order valence-corrected chi connectivity index (χ4v) is 2.55. The number of rotatable bonds is 2. The first-order valence-corrected chi connectivity index (χ1v) is 4.56. The standard InChI is InChI=1S/C9H17N.ClH/c1-10-6-8-4-2-3-7-5-9(7)8;/h7-10H,2-6H2,1H3;1H. The summed E-state index contributed by atoms with van der Waals surface area (Å²) >= 11 is 0. The van der Waals surface area contributed by atoms with Gasteiger partial charge in [-0.05, 0) is 44.2 Å². The highest BCUT2D eigenvalue weighted by Crippen LogP contribution is 2.52. The molecule has 2 aliphatic carbocycles. The molecule has 0 radical (unpaired) electrons. The fourth-order valence-electron chi connectivity index (χ4n) is 2.55. The van der Waals surface area contributed by atoms with Gasteiger partial charge in [0.05, 0.1) is 0 Å². The van der Waals surface area contributed by atoms with Crippen molar-refractivity contribution in [2.45, 2.75) is 25.7 Å². The molecule has 0 aliphatic heterocycles. The van der Waals surface area contributed by atoms with Gasteiger partial charge in [0.15, 0.2) is 0 Å². The van der Waals surface area contributed by atoms with Gasteiger partial charge in [-0.15, -0.1) is 12.4 Å². The molecule has 2 rings (SSSR count). The van der Waals surface area contributed by atoms with Crippen LogP contribution < -0.4 is 5.32 Å². The topological polar surface area (TPSA) is 12.0 Å². The molecule has 0 aromatic heterocycles.